The first-order chi connectivity index (χ1) is 28.5. The highest BCUT2D eigenvalue weighted by Gasteiger charge is 2.30. The Labute approximate surface area is 353 Å². The minimum Gasteiger partial charge on any atom is -0.457 e. The number of aromatic nitrogens is 2. The lowest BCUT2D eigenvalue weighted by atomic mass is 9.80. The van der Waals surface area contributed by atoms with Crippen molar-refractivity contribution in [3.05, 3.63) is 168 Å². The van der Waals surface area contributed by atoms with Crippen LogP contribution in [0.4, 0.5) is 27.1 Å². The summed E-state index contributed by atoms with van der Waals surface area (Å²) in [5.74, 6) is 2.00. The molecule has 0 atom stereocenters. The molecule has 6 aromatic carbocycles. The highest BCUT2D eigenvalue weighted by atomic mass is 19.1. The lowest BCUT2D eigenvalue weighted by molar-refractivity contribution is 0.483. The molecule has 0 bridgehead atoms. The first kappa shape index (κ1) is 39.1. The van der Waals surface area contributed by atoms with E-state index >= 15 is 0 Å². The number of nitrogens with zero attached hydrogens (tertiary/aromatic N) is 4. The van der Waals surface area contributed by atoms with Crippen LogP contribution in [-0.2, 0) is 16.2 Å². The highest BCUT2D eigenvalue weighted by molar-refractivity contribution is 6.16. The number of hydrogen-bond donors (Lipinski definition) is 0. The summed E-state index contributed by atoms with van der Waals surface area (Å²) in [5.41, 5.74) is 12.1. The van der Waals surface area contributed by atoms with Crippen LogP contribution in [0.1, 0.15) is 79.0 Å². The standard InChI is InChI=1S/C54H53FN4O/c1-52(2,3)36-25-26-56-50(31-36)59-48-22-14-19-44(35-15-12-16-39(55)27-35)51(48)45-24-23-43(33-49(45)59)60-42-18-13-17-40(32-42)57-34-58(47-21-11-10-20-46(47)57)41-29-37(53(4,5)6)28-38(30-41)54(7,8)9/h10-33H,34H2,1-9H3. The van der Waals surface area contributed by atoms with Gasteiger partial charge in [0.15, 0.2) is 0 Å². The topological polar surface area (TPSA) is 33.5 Å². The van der Waals surface area contributed by atoms with Gasteiger partial charge in [-0.3, -0.25) is 4.57 Å². The Bertz CT molecular complexity index is 2890. The van der Waals surface area contributed by atoms with Gasteiger partial charge in [0.05, 0.1) is 22.4 Å². The van der Waals surface area contributed by atoms with Crippen LogP contribution in [0, 0.1) is 5.82 Å². The number of anilines is 4. The van der Waals surface area contributed by atoms with E-state index in [0.717, 1.165) is 55.9 Å². The summed E-state index contributed by atoms with van der Waals surface area (Å²) in [6, 6.07) is 47.7. The third kappa shape index (κ3) is 7.19. The van der Waals surface area contributed by atoms with Crippen LogP contribution in [0.25, 0.3) is 38.8 Å². The van der Waals surface area contributed by atoms with E-state index in [-0.39, 0.29) is 22.1 Å². The maximum absolute atomic E-state index is 14.6. The molecule has 0 amide bonds. The third-order valence-corrected chi connectivity index (χ3v) is 11.8. The third-order valence-electron chi connectivity index (χ3n) is 11.8. The maximum Gasteiger partial charge on any atom is 0.137 e. The summed E-state index contributed by atoms with van der Waals surface area (Å²) in [6.07, 6.45) is 1.89. The number of ether oxygens (including phenoxy) is 1. The van der Waals surface area contributed by atoms with Crippen LogP contribution in [0.5, 0.6) is 11.5 Å². The fourth-order valence-electron chi connectivity index (χ4n) is 8.40. The maximum atomic E-state index is 14.6. The Balaban J connectivity index is 1.12. The van der Waals surface area contributed by atoms with Crippen LogP contribution >= 0.6 is 0 Å². The Morgan fingerprint density at radius 1 is 0.533 bits per heavy atom. The summed E-state index contributed by atoms with van der Waals surface area (Å²) in [6.45, 7) is 21.0. The molecule has 302 valence electrons. The smallest absolute Gasteiger partial charge is 0.137 e. The second-order valence-corrected chi connectivity index (χ2v) is 19.2. The first-order valence-corrected chi connectivity index (χ1v) is 20.9. The van der Waals surface area contributed by atoms with E-state index in [2.05, 4.69) is 174 Å². The number of para-hydroxylation sites is 2. The number of benzene rings is 6. The zero-order chi connectivity index (χ0) is 42.1. The van der Waals surface area contributed by atoms with Crippen LogP contribution in [0.2, 0.25) is 0 Å². The number of fused-ring (bicyclic) bond motifs is 4. The summed E-state index contributed by atoms with van der Waals surface area (Å²) in [5, 5.41) is 2.07. The largest absolute Gasteiger partial charge is 0.457 e. The summed E-state index contributed by atoms with van der Waals surface area (Å²) >= 11 is 0. The Morgan fingerprint density at radius 3 is 1.87 bits per heavy atom. The van der Waals surface area contributed by atoms with Crippen LogP contribution < -0.4 is 14.5 Å². The molecule has 3 heterocycles. The van der Waals surface area contributed by atoms with E-state index in [1.54, 1.807) is 12.1 Å². The van der Waals surface area contributed by atoms with Gasteiger partial charge in [-0.15, -0.1) is 0 Å². The van der Waals surface area contributed by atoms with Crippen molar-refractivity contribution in [3.63, 3.8) is 0 Å². The predicted octanol–water partition coefficient (Wildman–Crippen LogP) is 14.9. The van der Waals surface area contributed by atoms with Crippen molar-refractivity contribution in [2.45, 2.75) is 78.6 Å². The van der Waals surface area contributed by atoms with Crippen LogP contribution in [-0.4, -0.2) is 16.2 Å². The van der Waals surface area contributed by atoms with E-state index in [4.69, 9.17) is 9.72 Å². The molecule has 2 aromatic heterocycles. The average molecular weight is 793 g/mol. The Kier molecular flexibility index (Phi) is 9.38. The minimum atomic E-state index is -0.264. The van der Waals surface area contributed by atoms with E-state index < -0.39 is 0 Å². The van der Waals surface area contributed by atoms with Gasteiger partial charge in [0.2, 0.25) is 0 Å². The Morgan fingerprint density at radius 2 is 1.18 bits per heavy atom. The first-order valence-electron chi connectivity index (χ1n) is 20.9. The molecule has 0 saturated heterocycles. The van der Waals surface area contributed by atoms with Gasteiger partial charge in [-0.2, -0.15) is 0 Å². The highest BCUT2D eigenvalue weighted by Crippen LogP contribution is 2.47. The number of halogens is 1. The quantitative estimate of drug-likeness (QED) is 0.168. The van der Waals surface area contributed by atoms with E-state index in [9.17, 15) is 4.39 Å². The normalized spacial score (nSPS) is 13.4. The van der Waals surface area contributed by atoms with Crippen LogP contribution in [0.3, 0.4) is 0 Å². The lowest BCUT2D eigenvalue weighted by Gasteiger charge is -2.29. The molecule has 0 saturated carbocycles. The van der Waals surface area contributed by atoms with Gasteiger partial charge in [-0.1, -0.05) is 111 Å². The van der Waals surface area contributed by atoms with Gasteiger partial charge in [0, 0.05) is 40.5 Å². The zero-order valence-corrected chi connectivity index (χ0v) is 36.1. The van der Waals surface area contributed by atoms with E-state index in [1.807, 2.05) is 30.5 Å². The second kappa shape index (κ2) is 14.4. The molecule has 5 nitrogen and oxygen atoms in total. The fourth-order valence-corrected chi connectivity index (χ4v) is 8.40. The summed E-state index contributed by atoms with van der Waals surface area (Å²) in [4.78, 5) is 9.71. The second-order valence-electron chi connectivity index (χ2n) is 19.2. The van der Waals surface area contributed by atoms with Gasteiger partial charge in [-0.05, 0) is 123 Å². The zero-order valence-electron chi connectivity index (χ0n) is 36.1. The molecule has 60 heavy (non-hydrogen) atoms. The predicted molar refractivity (Wildman–Crippen MR) is 249 cm³/mol. The summed E-state index contributed by atoms with van der Waals surface area (Å²) < 4.78 is 23.6. The van der Waals surface area contributed by atoms with Crippen molar-refractivity contribution in [1.82, 2.24) is 9.55 Å². The molecular formula is C54H53FN4O. The van der Waals surface area contributed by atoms with Crippen molar-refractivity contribution in [2.75, 3.05) is 16.5 Å². The molecule has 0 fully saturated rings. The van der Waals surface area contributed by atoms with Gasteiger partial charge in [0.25, 0.3) is 0 Å². The number of pyridine rings is 1. The van der Waals surface area contributed by atoms with Gasteiger partial charge >= 0.3 is 0 Å². The Hall–Kier alpha value is -6.40. The number of rotatable bonds is 6. The molecule has 0 radical (unpaired) electrons. The van der Waals surface area contributed by atoms with Crippen molar-refractivity contribution in [3.8, 4) is 28.4 Å². The van der Waals surface area contributed by atoms with E-state index in [1.165, 1.54) is 34.1 Å². The molecule has 0 unspecified atom stereocenters. The number of hydrogen-bond acceptors (Lipinski definition) is 4. The van der Waals surface area contributed by atoms with Crippen molar-refractivity contribution >= 4 is 44.6 Å². The molecule has 9 rings (SSSR count). The SMILES string of the molecule is CC(C)(C)c1cc(N2CN(c3cccc(Oc4ccc5c6c(-c7cccc(F)c7)cccc6n(-c6cc(C(C)(C)C)ccn6)c5c4)c3)c3ccccc32)cc(C(C)(C)C)c1. The lowest BCUT2D eigenvalue weighted by Crippen LogP contribution is -2.25. The summed E-state index contributed by atoms with van der Waals surface area (Å²) in [7, 11) is 0. The van der Waals surface area contributed by atoms with Crippen molar-refractivity contribution in [1.29, 1.82) is 0 Å². The van der Waals surface area contributed by atoms with Gasteiger partial charge < -0.3 is 14.5 Å². The monoisotopic (exact) mass is 792 g/mol. The van der Waals surface area contributed by atoms with Crippen molar-refractivity contribution < 1.29 is 9.13 Å². The molecular weight excluding hydrogens is 740 g/mol. The van der Waals surface area contributed by atoms with Gasteiger partial charge in [-0.25, -0.2) is 9.37 Å². The molecule has 8 aromatic rings. The average Bonchev–Trinajstić information content (AvgIpc) is 3.76. The molecule has 0 N–H and O–H groups in total. The molecule has 1 aliphatic rings. The molecule has 0 aliphatic carbocycles. The fraction of sp³-hybridized carbons (Fsp3) is 0.241. The molecule has 0 spiro atoms. The van der Waals surface area contributed by atoms with E-state index in [0.29, 0.717) is 12.4 Å². The molecule has 1 aliphatic heterocycles. The molecule has 6 heteroatoms. The van der Waals surface area contributed by atoms with Gasteiger partial charge in [0.1, 0.15) is 29.8 Å². The van der Waals surface area contributed by atoms with Crippen molar-refractivity contribution in [2.24, 2.45) is 0 Å². The van der Waals surface area contributed by atoms with Crippen LogP contribution in [0.15, 0.2) is 146 Å². The minimum absolute atomic E-state index is 0.00849.